The van der Waals surface area contributed by atoms with Gasteiger partial charge in [-0.2, -0.15) is 0 Å². The number of nitrogen functional groups attached to an aromatic ring is 1. The van der Waals surface area contributed by atoms with Crippen LogP contribution < -0.4 is 5.73 Å². The minimum absolute atomic E-state index is 0.0159. The maximum Gasteiger partial charge on any atom is 0.338 e. The van der Waals surface area contributed by atoms with Crippen molar-refractivity contribution >= 4 is 11.7 Å². The van der Waals surface area contributed by atoms with E-state index in [0.717, 1.165) is 25.3 Å². The quantitative estimate of drug-likeness (QED) is 0.662. The standard InChI is InChI=1S/C13H16FNO3/c14-11-7-9(4-5-12(11)15)13(16)18-8-10-3-1-2-6-17-10/h4-5,7,10H,1-3,6,8,15H2. The summed E-state index contributed by atoms with van der Waals surface area (Å²) in [6, 6.07) is 3.88. The Hall–Kier alpha value is -1.62. The molecule has 0 saturated carbocycles. The molecule has 1 saturated heterocycles. The van der Waals surface area contributed by atoms with Crippen molar-refractivity contribution in [2.75, 3.05) is 18.9 Å². The number of benzene rings is 1. The number of hydrogen-bond donors (Lipinski definition) is 1. The molecule has 1 aliphatic heterocycles. The van der Waals surface area contributed by atoms with E-state index in [4.69, 9.17) is 15.2 Å². The molecular weight excluding hydrogens is 237 g/mol. The minimum Gasteiger partial charge on any atom is -0.459 e. The molecule has 0 radical (unpaired) electrons. The normalized spacial score (nSPS) is 19.5. The van der Waals surface area contributed by atoms with Crippen LogP contribution in [-0.4, -0.2) is 25.3 Å². The summed E-state index contributed by atoms with van der Waals surface area (Å²) in [5, 5.41) is 0. The Labute approximate surface area is 105 Å². The number of rotatable bonds is 3. The zero-order chi connectivity index (χ0) is 13.0. The number of halogens is 1. The highest BCUT2D eigenvalue weighted by Crippen LogP contribution is 2.15. The Morgan fingerprint density at radius 1 is 1.50 bits per heavy atom. The van der Waals surface area contributed by atoms with Crippen LogP contribution in [0.15, 0.2) is 18.2 Å². The second kappa shape index (κ2) is 5.82. The van der Waals surface area contributed by atoms with Crippen LogP contribution in [0.3, 0.4) is 0 Å². The van der Waals surface area contributed by atoms with E-state index < -0.39 is 11.8 Å². The van der Waals surface area contributed by atoms with Gasteiger partial charge in [-0.15, -0.1) is 0 Å². The zero-order valence-corrected chi connectivity index (χ0v) is 10.0. The molecule has 0 spiro atoms. The van der Waals surface area contributed by atoms with Gasteiger partial charge in [0.05, 0.1) is 17.4 Å². The van der Waals surface area contributed by atoms with Gasteiger partial charge in [0.25, 0.3) is 0 Å². The molecule has 1 unspecified atom stereocenters. The van der Waals surface area contributed by atoms with Crippen LogP contribution in [0, 0.1) is 5.82 Å². The Morgan fingerprint density at radius 3 is 3.00 bits per heavy atom. The molecule has 1 heterocycles. The van der Waals surface area contributed by atoms with Crippen molar-refractivity contribution in [3.05, 3.63) is 29.6 Å². The van der Waals surface area contributed by atoms with E-state index >= 15 is 0 Å². The summed E-state index contributed by atoms with van der Waals surface area (Å²) in [6.07, 6.45) is 2.98. The third-order valence-corrected chi connectivity index (χ3v) is 2.91. The number of anilines is 1. The zero-order valence-electron chi connectivity index (χ0n) is 10.0. The summed E-state index contributed by atoms with van der Waals surface area (Å²) in [6.45, 7) is 0.920. The number of ether oxygens (including phenoxy) is 2. The monoisotopic (exact) mass is 253 g/mol. The van der Waals surface area contributed by atoms with Crippen LogP contribution in [0.25, 0.3) is 0 Å². The van der Waals surface area contributed by atoms with E-state index in [-0.39, 0.29) is 24.0 Å². The number of carbonyl (C=O) groups is 1. The molecule has 1 aromatic rings. The molecule has 0 bridgehead atoms. The molecule has 5 heteroatoms. The maximum absolute atomic E-state index is 13.2. The van der Waals surface area contributed by atoms with Gasteiger partial charge in [0, 0.05) is 6.61 Å². The molecule has 4 nitrogen and oxygen atoms in total. The fraction of sp³-hybridized carbons (Fsp3) is 0.462. The SMILES string of the molecule is Nc1ccc(C(=O)OCC2CCCCO2)cc1F. The van der Waals surface area contributed by atoms with Gasteiger partial charge in [0.2, 0.25) is 0 Å². The van der Waals surface area contributed by atoms with Gasteiger partial charge < -0.3 is 15.2 Å². The van der Waals surface area contributed by atoms with E-state index in [1.807, 2.05) is 0 Å². The highest BCUT2D eigenvalue weighted by Gasteiger charge is 2.17. The van der Waals surface area contributed by atoms with Gasteiger partial charge in [0.1, 0.15) is 12.4 Å². The van der Waals surface area contributed by atoms with Crippen molar-refractivity contribution in [2.45, 2.75) is 25.4 Å². The van der Waals surface area contributed by atoms with Crippen LogP contribution in [-0.2, 0) is 9.47 Å². The molecule has 98 valence electrons. The van der Waals surface area contributed by atoms with E-state index in [1.165, 1.54) is 12.1 Å². The van der Waals surface area contributed by atoms with Gasteiger partial charge in [0.15, 0.2) is 0 Å². The van der Waals surface area contributed by atoms with Crippen molar-refractivity contribution in [1.29, 1.82) is 0 Å². The lowest BCUT2D eigenvalue weighted by molar-refractivity contribution is -0.0300. The molecule has 18 heavy (non-hydrogen) atoms. The van der Waals surface area contributed by atoms with Crippen molar-refractivity contribution in [2.24, 2.45) is 0 Å². The lowest BCUT2D eigenvalue weighted by Gasteiger charge is -2.22. The van der Waals surface area contributed by atoms with Crippen LogP contribution >= 0.6 is 0 Å². The molecule has 1 aromatic carbocycles. The fourth-order valence-corrected chi connectivity index (χ4v) is 1.84. The Kier molecular flexibility index (Phi) is 4.15. The molecule has 0 aromatic heterocycles. The second-order valence-electron chi connectivity index (χ2n) is 4.32. The predicted molar refractivity (Wildman–Crippen MR) is 64.7 cm³/mol. The van der Waals surface area contributed by atoms with Crippen LogP contribution in [0.1, 0.15) is 29.6 Å². The summed E-state index contributed by atoms with van der Waals surface area (Å²) in [5.41, 5.74) is 5.51. The predicted octanol–water partition coefficient (Wildman–Crippen LogP) is 2.13. The van der Waals surface area contributed by atoms with Gasteiger partial charge >= 0.3 is 5.97 Å². The third-order valence-electron chi connectivity index (χ3n) is 2.91. The Bertz CT molecular complexity index is 430. The van der Waals surface area contributed by atoms with Gasteiger partial charge in [-0.25, -0.2) is 9.18 Å². The first kappa shape index (κ1) is 12.8. The number of nitrogens with two attached hydrogens (primary N) is 1. The van der Waals surface area contributed by atoms with Crippen LogP contribution in [0.5, 0.6) is 0 Å². The summed E-state index contributed by atoms with van der Waals surface area (Å²) >= 11 is 0. The fourth-order valence-electron chi connectivity index (χ4n) is 1.84. The Balaban J connectivity index is 1.88. The topological polar surface area (TPSA) is 61.6 Å². The average molecular weight is 253 g/mol. The van der Waals surface area contributed by atoms with E-state index in [9.17, 15) is 9.18 Å². The third kappa shape index (κ3) is 3.20. The van der Waals surface area contributed by atoms with E-state index in [0.29, 0.717) is 6.61 Å². The molecular formula is C13H16FNO3. The molecule has 1 atom stereocenters. The molecule has 0 aliphatic carbocycles. The highest BCUT2D eigenvalue weighted by molar-refractivity contribution is 5.89. The first-order valence-corrected chi connectivity index (χ1v) is 6.00. The van der Waals surface area contributed by atoms with Crippen molar-refractivity contribution in [3.8, 4) is 0 Å². The van der Waals surface area contributed by atoms with Gasteiger partial charge in [-0.3, -0.25) is 0 Å². The number of esters is 1. The van der Waals surface area contributed by atoms with Crippen molar-refractivity contribution in [1.82, 2.24) is 0 Å². The summed E-state index contributed by atoms with van der Waals surface area (Å²) < 4.78 is 23.7. The first-order valence-electron chi connectivity index (χ1n) is 6.00. The smallest absolute Gasteiger partial charge is 0.338 e. The maximum atomic E-state index is 13.2. The van der Waals surface area contributed by atoms with Crippen molar-refractivity contribution < 1.29 is 18.7 Å². The second-order valence-corrected chi connectivity index (χ2v) is 4.32. The van der Waals surface area contributed by atoms with Crippen molar-refractivity contribution in [3.63, 3.8) is 0 Å². The molecule has 1 fully saturated rings. The average Bonchev–Trinajstić information content (AvgIpc) is 2.40. The molecule has 0 amide bonds. The number of hydrogen-bond acceptors (Lipinski definition) is 4. The minimum atomic E-state index is -0.613. The molecule has 2 rings (SSSR count). The lowest BCUT2D eigenvalue weighted by Crippen LogP contribution is -2.26. The largest absolute Gasteiger partial charge is 0.459 e. The number of carbonyl (C=O) groups excluding carboxylic acids is 1. The summed E-state index contributed by atoms with van der Waals surface area (Å²) in [5.74, 6) is -1.17. The van der Waals surface area contributed by atoms with E-state index in [2.05, 4.69) is 0 Å². The van der Waals surface area contributed by atoms with E-state index in [1.54, 1.807) is 0 Å². The molecule has 2 N–H and O–H groups in total. The first-order chi connectivity index (χ1) is 8.66. The van der Waals surface area contributed by atoms with Crippen LogP contribution in [0.4, 0.5) is 10.1 Å². The summed E-state index contributed by atoms with van der Waals surface area (Å²) in [4.78, 5) is 11.7. The Morgan fingerprint density at radius 2 is 2.33 bits per heavy atom. The highest BCUT2D eigenvalue weighted by atomic mass is 19.1. The van der Waals surface area contributed by atoms with Gasteiger partial charge in [-0.1, -0.05) is 0 Å². The molecule has 1 aliphatic rings. The summed E-state index contributed by atoms with van der Waals surface area (Å²) in [7, 11) is 0. The lowest BCUT2D eigenvalue weighted by atomic mass is 10.1. The van der Waals surface area contributed by atoms with Gasteiger partial charge in [-0.05, 0) is 37.5 Å². The van der Waals surface area contributed by atoms with Crippen LogP contribution in [0.2, 0.25) is 0 Å².